The number of fused-ring (bicyclic) bond motifs is 6. The quantitative estimate of drug-likeness (QED) is 0.150. The van der Waals surface area contributed by atoms with Crippen LogP contribution >= 0.6 is 0 Å². The third-order valence-electron chi connectivity index (χ3n) is 12.9. The van der Waals surface area contributed by atoms with Gasteiger partial charge in [-0.2, -0.15) is 13.2 Å². The Kier molecular flexibility index (Phi) is 9.59. The number of para-hydroxylation sites is 2. The number of nitrogens with zero attached hydrogens (tertiary/aromatic N) is 5. The number of hydrogen-bond acceptors (Lipinski definition) is 2. The summed E-state index contributed by atoms with van der Waals surface area (Å²) in [5.41, 5.74) is 10.00. The lowest BCUT2D eigenvalue weighted by molar-refractivity contribution is -0.137. The number of aromatic nitrogens is 4. The van der Waals surface area contributed by atoms with E-state index in [1.807, 2.05) is 188 Å². The fourth-order valence-corrected chi connectivity index (χ4v) is 9.68. The molecule has 0 saturated heterocycles. The SMILES string of the molecule is [C-]#[N+]c1cccc(-c2cc(-n3c4ccccc4c4ccc(-c5ccc(-c6ccccc6)nc5)cc43)c(C(F)(F)F)c(-n3c4ccccc4c4ccc(-c5ccc(-c6ccccc6)nc5)cc43)c2)c1. The predicted octanol–water partition coefficient (Wildman–Crippen LogP) is 16.6. The zero-order valence-electron chi connectivity index (χ0n) is 36.2. The standard InChI is InChI=1S/C60H36F3N5/c1-64-46-18-12-17-40(31-46)45-34-57(67-53-21-10-8-19-47(53)49-27-23-41(32-55(49)67)43-25-29-51(65-36-43)38-13-4-2-5-14-38)59(60(61,62)63)58(35-45)68-54-22-11-9-20-48(54)50-28-24-42(33-56(50)68)44-26-30-52(66-37-44)39-15-6-3-7-16-39/h2-37H. The third kappa shape index (κ3) is 6.88. The molecule has 0 atom stereocenters. The minimum absolute atomic E-state index is 0.0399. The molecule has 12 aromatic rings. The van der Waals surface area contributed by atoms with E-state index in [1.165, 1.54) is 0 Å². The Labute approximate surface area is 389 Å². The second kappa shape index (κ2) is 16.1. The van der Waals surface area contributed by atoms with Gasteiger partial charge in [-0.15, -0.1) is 0 Å². The maximum Gasteiger partial charge on any atom is 0.420 e. The molecule has 0 aliphatic heterocycles. The Morgan fingerprint density at radius 3 is 1.25 bits per heavy atom. The smallest absolute Gasteiger partial charge is 0.309 e. The average molecular weight is 884 g/mol. The second-order valence-corrected chi connectivity index (χ2v) is 16.8. The van der Waals surface area contributed by atoms with Gasteiger partial charge < -0.3 is 9.13 Å². The molecule has 68 heavy (non-hydrogen) atoms. The summed E-state index contributed by atoms with van der Waals surface area (Å²) in [7, 11) is 0. The number of hydrogen-bond donors (Lipinski definition) is 0. The van der Waals surface area contributed by atoms with Crippen molar-refractivity contribution in [3.8, 4) is 67.3 Å². The number of pyridine rings is 2. The molecule has 0 amide bonds. The van der Waals surface area contributed by atoms with Crippen molar-refractivity contribution in [2.24, 2.45) is 0 Å². The van der Waals surface area contributed by atoms with Gasteiger partial charge in [-0.25, -0.2) is 4.85 Å². The molecule has 0 aliphatic carbocycles. The molecule has 0 aliphatic rings. The highest BCUT2D eigenvalue weighted by Gasteiger charge is 2.39. The molecule has 8 heteroatoms. The Bertz CT molecular complexity index is 3720. The highest BCUT2D eigenvalue weighted by Crippen LogP contribution is 2.47. The minimum Gasteiger partial charge on any atom is -0.309 e. The lowest BCUT2D eigenvalue weighted by Crippen LogP contribution is -2.16. The van der Waals surface area contributed by atoms with Crippen LogP contribution in [-0.4, -0.2) is 19.1 Å². The molecule has 0 radical (unpaired) electrons. The maximum absolute atomic E-state index is 16.7. The Morgan fingerprint density at radius 1 is 0.368 bits per heavy atom. The first-order valence-electron chi connectivity index (χ1n) is 22.1. The van der Waals surface area contributed by atoms with E-state index in [2.05, 4.69) is 4.85 Å². The van der Waals surface area contributed by atoms with Gasteiger partial charge in [-0.05, 0) is 76.9 Å². The first-order valence-corrected chi connectivity index (χ1v) is 22.1. The van der Waals surface area contributed by atoms with Gasteiger partial charge in [-0.1, -0.05) is 152 Å². The molecule has 0 unspecified atom stereocenters. The monoisotopic (exact) mass is 883 g/mol. The highest BCUT2D eigenvalue weighted by atomic mass is 19.4. The summed E-state index contributed by atoms with van der Waals surface area (Å²) in [6.45, 7) is 7.84. The van der Waals surface area contributed by atoms with Crippen LogP contribution in [0.15, 0.2) is 219 Å². The summed E-state index contributed by atoms with van der Waals surface area (Å²) in [5.74, 6) is 0. The molecule has 0 fully saturated rings. The molecular weight excluding hydrogens is 848 g/mol. The molecule has 4 heterocycles. The van der Waals surface area contributed by atoms with Gasteiger partial charge in [0.2, 0.25) is 0 Å². The van der Waals surface area contributed by atoms with Crippen LogP contribution in [0.1, 0.15) is 5.56 Å². The maximum atomic E-state index is 16.7. The van der Waals surface area contributed by atoms with E-state index in [1.54, 1.807) is 39.5 Å². The van der Waals surface area contributed by atoms with Crippen molar-refractivity contribution in [2.45, 2.75) is 6.18 Å². The summed E-state index contributed by atoms with van der Waals surface area (Å²) in [4.78, 5) is 13.3. The first kappa shape index (κ1) is 40.4. The van der Waals surface area contributed by atoms with E-state index in [0.717, 1.165) is 66.3 Å². The van der Waals surface area contributed by atoms with Crippen LogP contribution in [0.5, 0.6) is 0 Å². The van der Waals surface area contributed by atoms with Crippen molar-refractivity contribution < 1.29 is 13.2 Å². The van der Waals surface area contributed by atoms with Crippen molar-refractivity contribution >= 4 is 49.3 Å². The van der Waals surface area contributed by atoms with Gasteiger partial charge in [0.1, 0.15) is 5.56 Å². The van der Waals surface area contributed by atoms with Crippen LogP contribution in [0.2, 0.25) is 0 Å². The highest BCUT2D eigenvalue weighted by molar-refractivity contribution is 6.12. The van der Waals surface area contributed by atoms with Crippen LogP contribution in [0.4, 0.5) is 18.9 Å². The number of halogens is 3. The van der Waals surface area contributed by atoms with Gasteiger partial charge in [0, 0.05) is 56.2 Å². The minimum atomic E-state index is -4.85. The Morgan fingerprint density at radius 2 is 0.794 bits per heavy atom. The van der Waals surface area contributed by atoms with E-state index >= 15 is 13.2 Å². The number of alkyl halides is 3. The first-order chi connectivity index (χ1) is 33.3. The fraction of sp³-hybridized carbons (Fsp3) is 0.0167. The molecule has 0 bridgehead atoms. The third-order valence-corrected chi connectivity index (χ3v) is 12.9. The van der Waals surface area contributed by atoms with Gasteiger partial charge in [0.25, 0.3) is 0 Å². The Hall–Kier alpha value is -9.06. The van der Waals surface area contributed by atoms with Crippen molar-refractivity contribution in [1.29, 1.82) is 0 Å². The van der Waals surface area contributed by atoms with Crippen LogP contribution < -0.4 is 0 Å². The fourth-order valence-electron chi connectivity index (χ4n) is 9.68. The van der Waals surface area contributed by atoms with E-state index < -0.39 is 11.7 Å². The molecular formula is C60H36F3N5. The van der Waals surface area contributed by atoms with E-state index in [-0.39, 0.29) is 11.4 Å². The summed E-state index contributed by atoms with van der Waals surface area (Å²) >= 11 is 0. The predicted molar refractivity (Wildman–Crippen MR) is 269 cm³/mol. The molecule has 322 valence electrons. The van der Waals surface area contributed by atoms with E-state index in [4.69, 9.17) is 16.5 Å². The molecule has 0 N–H and O–H groups in total. The van der Waals surface area contributed by atoms with Crippen LogP contribution in [0, 0.1) is 6.57 Å². The molecule has 12 rings (SSSR count). The Balaban J connectivity index is 1.14. The summed E-state index contributed by atoms with van der Waals surface area (Å²) < 4.78 is 53.6. The van der Waals surface area contributed by atoms with Gasteiger partial charge in [0.05, 0.1) is 51.4 Å². The molecule has 0 saturated carbocycles. The van der Waals surface area contributed by atoms with Crippen molar-refractivity contribution in [2.75, 3.05) is 0 Å². The molecule has 5 nitrogen and oxygen atoms in total. The number of rotatable bonds is 7. The van der Waals surface area contributed by atoms with Crippen molar-refractivity contribution in [3.05, 3.63) is 236 Å². The topological polar surface area (TPSA) is 40.0 Å². The molecule has 0 spiro atoms. The largest absolute Gasteiger partial charge is 0.420 e. The summed E-state index contributed by atoms with van der Waals surface area (Å²) in [6.07, 6.45) is -1.23. The van der Waals surface area contributed by atoms with Crippen LogP contribution in [-0.2, 0) is 6.18 Å². The second-order valence-electron chi connectivity index (χ2n) is 16.8. The average Bonchev–Trinajstić information content (AvgIpc) is 3.90. The summed E-state index contributed by atoms with van der Waals surface area (Å²) in [6, 6.07) is 65.2. The van der Waals surface area contributed by atoms with Gasteiger partial charge in [-0.3, -0.25) is 9.97 Å². The van der Waals surface area contributed by atoms with E-state index in [9.17, 15) is 0 Å². The lowest BCUT2D eigenvalue weighted by Gasteiger charge is -2.23. The van der Waals surface area contributed by atoms with E-state index in [0.29, 0.717) is 38.9 Å². The summed E-state index contributed by atoms with van der Waals surface area (Å²) in [5, 5.41) is 3.24. The van der Waals surface area contributed by atoms with Gasteiger partial charge >= 0.3 is 6.18 Å². The number of benzene rings is 8. The molecule has 4 aromatic heterocycles. The van der Waals surface area contributed by atoms with Crippen molar-refractivity contribution in [1.82, 2.24) is 19.1 Å². The van der Waals surface area contributed by atoms with Gasteiger partial charge in [0.15, 0.2) is 5.69 Å². The van der Waals surface area contributed by atoms with Crippen molar-refractivity contribution in [3.63, 3.8) is 0 Å². The zero-order valence-corrected chi connectivity index (χ0v) is 36.2. The molecule has 8 aromatic carbocycles. The normalized spacial score (nSPS) is 11.7. The lowest BCUT2D eigenvalue weighted by atomic mass is 9.98. The van der Waals surface area contributed by atoms with Crippen LogP contribution in [0.3, 0.4) is 0 Å². The zero-order chi connectivity index (χ0) is 45.9. The van der Waals surface area contributed by atoms with Crippen LogP contribution in [0.25, 0.3) is 116 Å².